The van der Waals surface area contributed by atoms with Crippen LogP contribution in [0.1, 0.15) is 63.0 Å². The van der Waals surface area contributed by atoms with Crippen LogP contribution < -0.4 is 11.1 Å². The molecule has 210 valence electrons. The molecule has 3 heterocycles. The largest absolute Gasteiger partial charge is 0.399 e. The van der Waals surface area contributed by atoms with E-state index in [-0.39, 0.29) is 17.9 Å². The molecule has 41 heavy (non-hydrogen) atoms. The molecule has 5 aromatic rings. The van der Waals surface area contributed by atoms with E-state index < -0.39 is 6.04 Å². The van der Waals surface area contributed by atoms with E-state index in [1.807, 2.05) is 47.5 Å². The standard InChI is InChI=1S/C33H36N6O2/c1-3-4-16-38-29-18-23(12-14-25(29)26-15-13-24(34)19-30(26)38)27-20-35-32(37-27)28-11-8-17-39(28)33(41)31(36-21(2)40)22-9-6-5-7-10-22/h5-7,9-10,12-15,18-20,28,31H,3-4,8,11,16-17,34H2,1-2H3,(H,35,37)(H,36,40)/t28?,31-/m1/s1. The van der Waals surface area contributed by atoms with Crippen LogP contribution in [0.25, 0.3) is 33.1 Å². The first-order chi connectivity index (χ1) is 19.9. The summed E-state index contributed by atoms with van der Waals surface area (Å²) in [5, 5.41) is 5.26. The first-order valence-electron chi connectivity index (χ1n) is 14.4. The van der Waals surface area contributed by atoms with E-state index in [1.165, 1.54) is 23.2 Å². The van der Waals surface area contributed by atoms with Gasteiger partial charge in [-0.15, -0.1) is 0 Å². The van der Waals surface area contributed by atoms with Gasteiger partial charge >= 0.3 is 0 Å². The number of nitrogen functional groups attached to an aromatic ring is 1. The normalized spacial score (nSPS) is 16.0. The Morgan fingerprint density at radius 3 is 2.59 bits per heavy atom. The van der Waals surface area contributed by atoms with Gasteiger partial charge in [0.1, 0.15) is 11.9 Å². The number of imidazole rings is 1. The second kappa shape index (κ2) is 11.1. The molecule has 1 unspecified atom stereocenters. The van der Waals surface area contributed by atoms with Crippen molar-refractivity contribution in [3.05, 3.63) is 84.3 Å². The third-order valence-electron chi connectivity index (χ3n) is 8.11. The number of aromatic nitrogens is 3. The predicted molar refractivity (Wildman–Crippen MR) is 163 cm³/mol. The lowest BCUT2D eigenvalue weighted by Gasteiger charge is -2.28. The van der Waals surface area contributed by atoms with E-state index in [4.69, 9.17) is 10.7 Å². The monoisotopic (exact) mass is 548 g/mol. The SMILES string of the molecule is CCCCn1c2cc(N)ccc2c2ccc(-c3cnc(C4CCCN4C(=O)[C@H](NC(C)=O)c4ccccc4)[nH]3)cc21. The van der Waals surface area contributed by atoms with Crippen molar-refractivity contribution in [2.45, 2.75) is 58.2 Å². The van der Waals surface area contributed by atoms with Gasteiger partial charge in [0.05, 0.1) is 23.4 Å². The Labute approximate surface area is 239 Å². The van der Waals surface area contributed by atoms with Crippen LogP contribution in [0.5, 0.6) is 0 Å². The first-order valence-corrected chi connectivity index (χ1v) is 14.4. The summed E-state index contributed by atoms with van der Waals surface area (Å²) < 4.78 is 2.37. The Bertz CT molecular complexity index is 1720. The molecule has 0 radical (unpaired) electrons. The average molecular weight is 549 g/mol. The van der Waals surface area contributed by atoms with Gasteiger partial charge in [0.2, 0.25) is 11.8 Å². The number of fused-ring (bicyclic) bond motifs is 3. The first kappa shape index (κ1) is 26.6. The van der Waals surface area contributed by atoms with Gasteiger partial charge in [-0.1, -0.05) is 61.9 Å². The van der Waals surface area contributed by atoms with Gasteiger partial charge in [-0.2, -0.15) is 0 Å². The minimum absolute atomic E-state index is 0.118. The Balaban J connectivity index is 1.32. The lowest BCUT2D eigenvalue weighted by molar-refractivity contribution is -0.137. The van der Waals surface area contributed by atoms with Crippen LogP contribution in [0.2, 0.25) is 0 Å². The molecule has 1 fully saturated rings. The topological polar surface area (TPSA) is 109 Å². The molecule has 3 aromatic carbocycles. The van der Waals surface area contributed by atoms with Crippen molar-refractivity contribution >= 4 is 39.3 Å². The molecule has 8 nitrogen and oxygen atoms in total. The molecule has 0 saturated carbocycles. The van der Waals surface area contributed by atoms with E-state index in [2.05, 4.69) is 52.1 Å². The molecule has 2 aromatic heterocycles. The van der Waals surface area contributed by atoms with Crippen molar-refractivity contribution < 1.29 is 9.59 Å². The Morgan fingerprint density at radius 2 is 1.83 bits per heavy atom. The van der Waals surface area contributed by atoms with Crippen molar-refractivity contribution in [2.75, 3.05) is 12.3 Å². The molecule has 2 atom stereocenters. The van der Waals surface area contributed by atoms with Gasteiger partial charge in [-0.05, 0) is 43.0 Å². The van der Waals surface area contributed by atoms with E-state index in [0.29, 0.717) is 6.54 Å². The number of carbonyl (C=O) groups excluding carboxylic acids is 2. The fourth-order valence-corrected chi connectivity index (χ4v) is 6.11. The smallest absolute Gasteiger partial charge is 0.250 e. The van der Waals surface area contributed by atoms with Crippen LogP contribution in [0.15, 0.2) is 72.9 Å². The van der Waals surface area contributed by atoms with Gasteiger partial charge in [0.15, 0.2) is 0 Å². The zero-order valence-corrected chi connectivity index (χ0v) is 23.6. The summed E-state index contributed by atoms with van der Waals surface area (Å²) >= 11 is 0. The molecule has 0 bridgehead atoms. The number of hydrogen-bond acceptors (Lipinski definition) is 4. The summed E-state index contributed by atoms with van der Waals surface area (Å²) in [6, 6.07) is 21.2. The average Bonchev–Trinajstić information content (AvgIpc) is 3.72. The summed E-state index contributed by atoms with van der Waals surface area (Å²) in [4.78, 5) is 35.9. The Hall–Kier alpha value is -4.59. The fraction of sp³-hybridized carbons (Fsp3) is 0.303. The maximum atomic E-state index is 13.8. The number of H-pyrrole nitrogens is 1. The molecule has 2 amide bonds. The number of aryl methyl sites for hydroxylation is 1. The van der Waals surface area contributed by atoms with Crippen molar-refractivity contribution in [1.29, 1.82) is 0 Å². The maximum Gasteiger partial charge on any atom is 0.250 e. The number of unbranched alkanes of at least 4 members (excludes halogenated alkanes) is 1. The molecule has 1 aliphatic rings. The Morgan fingerprint density at radius 1 is 1.07 bits per heavy atom. The van der Waals surface area contributed by atoms with Crippen LogP contribution >= 0.6 is 0 Å². The highest BCUT2D eigenvalue weighted by Crippen LogP contribution is 2.36. The third-order valence-corrected chi connectivity index (χ3v) is 8.11. The lowest BCUT2D eigenvalue weighted by Crippen LogP contribution is -2.42. The number of hydrogen-bond donors (Lipinski definition) is 3. The molecule has 6 rings (SSSR count). The van der Waals surface area contributed by atoms with Crippen LogP contribution in [0.3, 0.4) is 0 Å². The molecular weight excluding hydrogens is 512 g/mol. The molecule has 0 aliphatic carbocycles. The summed E-state index contributed by atoms with van der Waals surface area (Å²) in [5.74, 6) is 0.408. The summed E-state index contributed by atoms with van der Waals surface area (Å²) in [6.45, 7) is 5.19. The molecule has 4 N–H and O–H groups in total. The van der Waals surface area contributed by atoms with Gasteiger partial charge in [-0.3, -0.25) is 9.59 Å². The molecular formula is C33H36N6O2. The summed E-state index contributed by atoms with van der Waals surface area (Å²) in [5.41, 5.74) is 12.0. The second-order valence-corrected chi connectivity index (χ2v) is 10.9. The van der Waals surface area contributed by atoms with E-state index in [1.54, 1.807) is 0 Å². The summed E-state index contributed by atoms with van der Waals surface area (Å²) in [6.07, 6.45) is 5.74. The second-order valence-electron chi connectivity index (χ2n) is 10.9. The highest BCUT2D eigenvalue weighted by molar-refractivity contribution is 6.09. The number of benzene rings is 3. The van der Waals surface area contributed by atoms with E-state index in [0.717, 1.165) is 66.1 Å². The van der Waals surface area contributed by atoms with Gasteiger partial charge < -0.3 is 25.5 Å². The maximum absolute atomic E-state index is 13.8. The van der Waals surface area contributed by atoms with E-state index in [9.17, 15) is 9.59 Å². The van der Waals surface area contributed by atoms with Crippen molar-refractivity contribution in [1.82, 2.24) is 24.8 Å². The molecule has 1 saturated heterocycles. The van der Waals surface area contributed by atoms with Crippen molar-refractivity contribution in [3.63, 3.8) is 0 Å². The number of rotatable bonds is 8. The van der Waals surface area contributed by atoms with Gasteiger partial charge in [-0.25, -0.2) is 4.98 Å². The van der Waals surface area contributed by atoms with Crippen LogP contribution in [0.4, 0.5) is 5.69 Å². The molecule has 1 aliphatic heterocycles. The minimum Gasteiger partial charge on any atom is -0.399 e. The zero-order valence-electron chi connectivity index (χ0n) is 23.6. The van der Waals surface area contributed by atoms with Crippen molar-refractivity contribution in [2.24, 2.45) is 0 Å². The zero-order chi connectivity index (χ0) is 28.5. The number of likely N-dealkylation sites (tertiary alicyclic amines) is 1. The minimum atomic E-state index is -0.731. The van der Waals surface area contributed by atoms with Crippen LogP contribution in [-0.2, 0) is 16.1 Å². The van der Waals surface area contributed by atoms with Gasteiger partial charge in [0.25, 0.3) is 0 Å². The quantitative estimate of drug-likeness (QED) is 0.203. The van der Waals surface area contributed by atoms with Gasteiger partial charge in [0, 0.05) is 47.6 Å². The number of nitrogens with two attached hydrogens (primary N) is 1. The third kappa shape index (κ3) is 5.06. The highest BCUT2D eigenvalue weighted by atomic mass is 16.2. The number of nitrogens with one attached hydrogen (secondary N) is 2. The molecule has 0 spiro atoms. The van der Waals surface area contributed by atoms with Crippen LogP contribution in [0, 0.1) is 0 Å². The number of nitrogens with zero attached hydrogens (tertiary/aromatic N) is 3. The Kier molecular flexibility index (Phi) is 7.22. The number of aromatic amines is 1. The van der Waals surface area contributed by atoms with E-state index >= 15 is 0 Å². The van der Waals surface area contributed by atoms with Crippen LogP contribution in [-0.4, -0.2) is 37.8 Å². The number of anilines is 1. The number of amides is 2. The number of carbonyl (C=O) groups is 2. The predicted octanol–water partition coefficient (Wildman–Crippen LogP) is 6.11. The van der Waals surface area contributed by atoms with Crippen molar-refractivity contribution in [3.8, 4) is 11.3 Å². The molecule has 8 heteroatoms. The fourth-order valence-electron chi connectivity index (χ4n) is 6.11. The highest BCUT2D eigenvalue weighted by Gasteiger charge is 2.36. The lowest BCUT2D eigenvalue weighted by atomic mass is 10.0. The summed E-state index contributed by atoms with van der Waals surface area (Å²) in [7, 11) is 0.